The van der Waals surface area contributed by atoms with Gasteiger partial charge in [-0.1, -0.05) is 6.07 Å². The maximum atomic E-state index is 13.0. The van der Waals surface area contributed by atoms with Crippen molar-refractivity contribution < 1.29 is 22.7 Å². The highest BCUT2D eigenvalue weighted by Gasteiger charge is 2.32. The minimum Gasteiger partial charge on any atom is -0.462 e. The first kappa shape index (κ1) is 21.8. The van der Waals surface area contributed by atoms with E-state index in [-0.39, 0.29) is 23.6 Å². The largest absolute Gasteiger partial charge is 0.462 e. The number of hydrogen-bond acceptors (Lipinski definition) is 5. The van der Waals surface area contributed by atoms with Crippen LogP contribution in [0.4, 0.5) is 16.2 Å². The van der Waals surface area contributed by atoms with Crippen LogP contribution in [0.15, 0.2) is 47.4 Å². The number of benzene rings is 2. The molecule has 0 saturated carbocycles. The smallest absolute Gasteiger partial charge is 0.338 e. The minimum absolute atomic E-state index is 0.129. The molecular weight excluding hydrogens is 406 g/mol. The predicted molar refractivity (Wildman–Crippen MR) is 114 cm³/mol. The van der Waals surface area contributed by atoms with E-state index in [4.69, 9.17) is 4.74 Å². The van der Waals surface area contributed by atoms with Crippen molar-refractivity contribution in [3.05, 3.63) is 53.6 Å². The van der Waals surface area contributed by atoms with Gasteiger partial charge in [0.25, 0.3) is 0 Å². The Morgan fingerprint density at radius 1 is 1.17 bits per heavy atom. The lowest BCUT2D eigenvalue weighted by Gasteiger charge is -2.23. The maximum absolute atomic E-state index is 13.0. The van der Waals surface area contributed by atoms with Gasteiger partial charge in [-0.15, -0.1) is 0 Å². The number of urea groups is 1. The topological polar surface area (TPSA) is 96.0 Å². The Balaban J connectivity index is 1.83. The summed E-state index contributed by atoms with van der Waals surface area (Å²) in [6, 6.07) is 10.8. The number of esters is 1. The van der Waals surface area contributed by atoms with Gasteiger partial charge in [-0.2, -0.15) is 0 Å². The van der Waals surface area contributed by atoms with Gasteiger partial charge in [-0.25, -0.2) is 22.3 Å². The average Bonchev–Trinajstić information content (AvgIpc) is 3.03. The fourth-order valence-corrected chi connectivity index (χ4v) is 4.28. The molecule has 1 aliphatic heterocycles. The molecule has 2 aromatic carbocycles. The summed E-state index contributed by atoms with van der Waals surface area (Å²) in [4.78, 5) is 26.4. The predicted octanol–water partition coefficient (Wildman–Crippen LogP) is 3.10. The fraction of sp³-hybridized carbons (Fsp3) is 0.333. The van der Waals surface area contributed by atoms with Crippen LogP contribution in [0, 0.1) is 0 Å². The first-order chi connectivity index (χ1) is 14.1. The summed E-state index contributed by atoms with van der Waals surface area (Å²) >= 11 is 0. The molecule has 0 spiro atoms. The molecule has 0 aliphatic carbocycles. The number of rotatable bonds is 5. The standard InChI is InChI=1S/C21H25N3O5S/c1-5-29-20(25)15-6-9-17(10-7-15)22-21(26)24-14(2)12-16-8-11-18(13-19(16)24)30(27,28)23(3)4/h6-11,13-14H,5,12H2,1-4H3,(H,22,26). The third-order valence-corrected chi connectivity index (χ3v) is 6.73. The third kappa shape index (κ3) is 4.17. The van der Waals surface area contributed by atoms with E-state index in [2.05, 4.69) is 5.32 Å². The number of ether oxygens (including phenoxy) is 1. The molecule has 0 aromatic heterocycles. The molecule has 2 amide bonds. The number of carbonyl (C=O) groups excluding carboxylic acids is 2. The molecule has 0 fully saturated rings. The van der Waals surface area contributed by atoms with E-state index in [9.17, 15) is 18.0 Å². The summed E-state index contributed by atoms with van der Waals surface area (Å²) in [7, 11) is -0.675. The highest BCUT2D eigenvalue weighted by atomic mass is 32.2. The first-order valence-corrected chi connectivity index (χ1v) is 11.0. The molecule has 0 bridgehead atoms. The summed E-state index contributed by atoms with van der Waals surface area (Å²) in [6.45, 7) is 3.93. The summed E-state index contributed by atoms with van der Waals surface area (Å²) in [5, 5.41) is 2.81. The number of carbonyl (C=O) groups is 2. The van der Waals surface area contributed by atoms with Gasteiger partial charge in [0, 0.05) is 25.8 Å². The zero-order valence-corrected chi connectivity index (χ0v) is 18.2. The number of nitrogens with one attached hydrogen (secondary N) is 1. The molecule has 1 aliphatic rings. The lowest BCUT2D eigenvalue weighted by Crippen LogP contribution is -2.39. The highest BCUT2D eigenvalue weighted by molar-refractivity contribution is 7.89. The SMILES string of the molecule is CCOC(=O)c1ccc(NC(=O)N2c3cc(S(=O)(=O)N(C)C)ccc3CC2C)cc1. The molecule has 9 heteroatoms. The van der Waals surface area contributed by atoms with Crippen molar-refractivity contribution in [3.8, 4) is 0 Å². The Labute approximate surface area is 176 Å². The van der Waals surface area contributed by atoms with E-state index < -0.39 is 16.0 Å². The number of hydrogen-bond donors (Lipinski definition) is 1. The van der Waals surface area contributed by atoms with Gasteiger partial charge in [0.05, 0.1) is 22.8 Å². The van der Waals surface area contributed by atoms with Crippen LogP contribution < -0.4 is 10.2 Å². The van der Waals surface area contributed by atoms with Crippen molar-refractivity contribution in [1.29, 1.82) is 0 Å². The number of amides is 2. The van der Waals surface area contributed by atoms with E-state index in [1.807, 2.05) is 6.92 Å². The van der Waals surface area contributed by atoms with Crippen molar-refractivity contribution in [2.45, 2.75) is 31.2 Å². The summed E-state index contributed by atoms with van der Waals surface area (Å²) in [5.74, 6) is -0.424. The van der Waals surface area contributed by atoms with E-state index in [0.29, 0.717) is 23.4 Å². The molecule has 30 heavy (non-hydrogen) atoms. The second-order valence-electron chi connectivity index (χ2n) is 7.23. The summed E-state index contributed by atoms with van der Waals surface area (Å²) in [6.07, 6.45) is 0.632. The highest BCUT2D eigenvalue weighted by Crippen LogP contribution is 2.35. The van der Waals surface area contributed by atoms with E-state index in [1.54, 1.807) is 48.2 Å². The zero-order chi connectivity index (χ0) is 22.1. The Morgan fingerprint density at radius 2 is 1.83 bits per heavy atom. The Hall–Kier alpha value is -2.91. The van der Waals surface area contributed by atoms with Crippen molar-refractivity contribution >= 4 is 33.4 Å². The molecule has 8 nitrogen and oxygen atoms in total. The van der Waals surface area contributed by atoms with Crippen molar-refractivity contribution in [2.24, 2.45) is 0 Å². The van der Waals surface area contributed by atoms with Gasteiger partial charge in [0.1, 0.15) is 0 Å². The second-order valence-corrected chi connectivity index (χ2v) is 9.38. The van der Waals surface area contributed by atoms with Gasteiger partial charge in [-0.3, -0.25) is 4.90 Å². The van der Waals surface area contributed by atoms with Crippen LogP contribution in [0.3, 0.4) is 0 Å². The van der Waals surface area contributed by atoms with Gasteiger partial charge in [-0.05, 0) is 62.2 Å². The van der Waals surface area contributed by atoms with Crippen molar-refractivity contribution in [3.63, 3.8) is 0 Å². The Bertz CT molecular complexity index is 1060. The van der Waals surface area contributed by atoms with Crippen LogP contribution in [-0.2, 0) is 21.2 Å². The van der Waals surface area contributed by atoms with Gasteiger partial charge >= 0.3 is 12.0 Å². The van der Waals surface area contributed by atoms with Gasteiger partial charge < -0.3 is 10.1 Å². The molecule has 1 atom stereocenters. The number of nitrogens with zero attached hydrogens (tertiary/aromatic N) is 2. The third-order valence-electron chi connectivity index (χ3n) is 4.92. The molecule has 2 aromatic rings. The molecule has 1 N–H and O–H groups in total. The average molecular weight is 432 g/mol. The van der Waals surface area contributed by atoms with E-state index in [0.717, 1.165) is 9.87 Å². The maximum Gasteiger partial charge on any atom is 0.338 e. The Kier molecular flexibility index (Phi) is 6.14. The van der Waals surface area contributed by atoms with Crippen molar-refractivity contribution in [2.75, 3.05) is 30.9 Å². The van der Waals surface area contributed by atoms with Gasteiger partial charge in [0.2, 0.25) is 10.0 Å². The van der Waals surface area contributed by atoms with Crippen LogP contribution in [0.1, 0.15) is 29.8 Å². The number of sulfonamides is 1. The molecule has 160 valence electrons. The minimum atomic E-state index is -3.61. The van der Waals surface area contributed by atoms with Crippen LogP contribution in [-0.4, -0.2) is 51.5 Å². The lowest BCUT2D eigenvalue weighted by molar-refractivity contribution is 0.0526. The first-order valence-electron chi connectivity index (χ1n) is 9.58. The number of anilines is 2. The van der Waals surface area contributed by atoms with Gasteiger partial charge in [0.15, 0.2) is 0 Å². The monoisotopic (exact) mass is 431 g/mol. The molecule has 3 rings (SSSR count). The molecule has 0 radical (unpaired) electrons. The van der Waals surface area contributed by atoms with Crippen LogP contribution >= 0.6 is 0 Å². The lowest BCUT2D eigenvalue weighted by atomic mass is 10.1. The molecule has 0 saturated heterocycles. The van der Waals surface area contributed by atoms with Crippen LogP contribution in [0.25, 0.3) is 0 Å². The zero-order valence-electron chi connectivity index (χ0n) is 17.4. The van der Waals surface area contributed by atoms with Crippen LogP contribution in [0.5, 0.6) is 0 Å². The Morgan fingerprint density at radius 3 is 2.43 bits per heavy atom. The summed E-state index contributed by atoms with van der Waals surface area (Å²) < 4.78 is 31.1. The van der Waals surface area contributed by atoms with E-state index in [1.165, 1.54) is 20.2 Å². The fourth-order valence-electron chi connectivity index (χ4n) is 3.36. The number of fused-ring (bicyclic) bond motifs is 1. The summed E-state index contributed by atoms with van der Waals surface area (Å²) in [5.41, 5.74) is 2.40. The molecular formula is C21H25N3O5S. The normalized spacial score (nSPS) is 15.8. The second kappa shape index (κ2) is 8.45. The van der Waals surface area contributed by atoms with Crippen molar-refractivity contribution in [1.82, 2.24) is 4.31 Å². The van der Waals surface area contributed by atoms with E-state index >= 15 is 0 Å². The quantitative estimate of drug-likeness (QED) is 0.734. The molecule has 1 unspecified atom stereocenters. The van der Waals surface area contributed by atoms with Crippen LogP contribution in [0.2, 0.25) is 0 Å². The molecule has 1 heterocycles.